The normalized spacial score (nSPS) is 15.0. The lowest BCUT2D eigenvalue weighted by molar-refractivity contribution is -0.138. The highest BCUT2D eigenvalue weighted by atomic mass is 16.5. The van der Waals surface area contributed by atoms with Gasteiger partial charge >= 0.3 is 0 Å². The molecule has 0 atom stereocenters. The largest absolute Gasteiger partial charge is 0.502 e. The number of carbonyl (C=O) groups is 2. The van der Waals surface area contributed by atoms with E-state index in [1.165, 1.54) is 0 Å². The van der Waals surface area contributed by atoms with Crippen LogP contribution in [0.4, 0.5) is 0 Å². The lowest BCUT2D eigenvalue weighted by atomic mass is 10.1. The van der Waals surface area contributed by atoms with Gasteiger partial charge in [0.25, 0.3) is 11.8 Å². The zero-order chi connectivity index (χ0) is 17.0. The van der Waals surface area contributed by atoms with Crippen molar-refractivity contribution in [3.05, 3.63) is 35.6 Å². The van der Waals surface area contributed by atoms with Gasteiger partial charge < -0.3 is 14.6 Å². The molecule has 1 aliphatic rings. The Bertz CT molecular complexity index is 618. The third-order valence-corrected chi connectivity index (χ3v) is 3.39. The molecule has 0 saturated carbocycles. The molecule has 124 valence electrons. The Morgan fingerprint density at radius 2 is 1.78 bits per heavy atom. The number of nitrogens with zero attached hydrogens (tertiary/aromatic N) is 1. The molecule has 0 bridgehead atoms. The van der Waals surface area contributed by atoms with Gasteiger partial charge in [-0.05, 0) is 38.0 Å². The first-order valence-corrected chi connectivity index (χ1v) is 7.51. The molecule has 1 aromatic carbocycles. The summed E-state index contributed by atoms with van der Waals surface area (Å²) < 4.78 is 10.5. The van der Waals surface area contributed by atoms with E-state index in [9.17, 15) is 14.7 Å². The molecule has 1 N–H and O–H groups in total. The van der Waals surface area contributed by atoms with Crippen molar-refractivity contribution in [1.82, 2.24) is 4.90 Å². The van der Waals surface area contributed by atoms with Gasteiger partial charge in [-0.3, -0.25) is 14.5 Å². The standard InChI is InChI=1S/C17H21NO5/c1-11(2)23-13-7-5-12(6-8-13)14-15(19)17(21)18(16(14)20)9-4-10-22-3/h5-8,11,19H,4,9-10H2,1-3H3. The van der Waals surface area contributed by atoms with Crippen LogP contribution in [0.2, 0.25) is 0 Å². The number of carbonyl (C=O) groups excluding carboxylic acids is 2. The quantitative estimate of drug-likeness (QED) is 0.615. The summed E-state index contributed by atoms with van der Waals surface area (Å²) in [6.07, 6.45) is 0.565. The third kappa shape index (κ3) is 3.71. The zero-order valence-corrected chi connectivity index (χ0v) is 13.5. The highest BCUT2D eigenvalue weighted by Crippen LogP contribution is 2.29. The van der Waals surface area contributed by atoms with Crippen LogP contribution in [0.25, 0.3) is 5.57 Å². The summed E-state index contributed by atoms with van der Waals surface area (Å²) in [5, 5.41) is 10.0. The average molecular weight is 319 g/mol. The maximum absolute atomic E-state index is 12.4. The average Bonchev–Trinajstić information content (AvgIpc) is 2.71. The zero-order valence-electron chi connectivity index (χ0n) is 13.5. The highest BCUT2D eigenvalue weighted by Gasteiger charge is 2.38. The van der Waals surface area contributed by atoms with Gasteiger partial charge in [0.05, 0.1) is 11.7 Å². The minimum absolute atomic E-state index is 0.0310. The SMILES string of the molecule is COCCCN1C(=O)C(O)=C(c2ccc(OC(C)C)cc2)C1=O. The number of hydrogen-bond donors (Lipinski definition) is 1. The summed E-state index contributed by atoms with van der Waals surface area (Å²) in [7, 11) is 1.55. The Kier molecular flexibility index (Phi) is 5.39. The van der Waals surface area contributed by atoms with E-state index in [4.69, 9.17) is 9.47 Å². The molecule has 0 aliphatic carbocycles. The summed E-state index contributed by atoms with van der Waals surface area (Å²) in [6.45, 7) is 4.49. The molecule has 0 radical (unpaired) electrons. The predicted octanol–water partition coefficient (Wildman–Crippen LogP) is 2.15. The van der Waals surface area contributed by atoms with E-state index in [0.717, 1.165) is 4.90 Å². The van der Waals surface area contributed by atoms with Crippen molar-refractivity contribution in [2.75, 3.05) is 20.3 Å². The Balaban J connectivity index is 2.18. The van der Waals surface area contributed by atoms with Gasteiger partial charge in [-0.2, -0.15) is 0 Å². The Hall–Kier alpha value is -2.34. The summed E-state index contributed by atoms with van der Waals surface area (Å²) in [5.41, 5.74) is 0.523. The molecule has 23 heavy (non-hydrogen) atoms. The van der Waals surface area contributed by atoms with Gasteiger partial charge in [-0.1, -0.05) is 12.1 Å². The number of hydrogen-bond acceptors (Lipinski definition) is 5. The molecule has 0 spiro atoms. The molecule has 0 unspecified atom stereocenters. The number of imide groups is 1. The van der Waals surface area contributed by atoms with Gasteiger partial charge in [0.15, 0.2) is 5.76 Å². The number of amides is 2. The number of rotatable bonds is 7. The number of ether oxygens (including phenoxy) is 2. The number of aliphatic hydroxyl groups is 1. The van der Waals surface area contributed by atoms with E-state index in [-0.39, 0.29) is 18.2 Å². The van der Waals surface area contributed by atoms with Crippen LogP contribution < -0.4 is 4.74 Å². The Labute approximate surface area is 135 Å². The topological polar surface area (TPSA) is 76.1 Å². The molecule has 1 aromatic rings. The first-order chi connectivity index (χ1) is 11.0. The Morgan fingerprint density at radius 1 is 1.13 bits per heavy atom. The Morgan fingerprint density at radius 3 is 2.35 bits per heavy atom. The molecule has 1 heterocycles. The molecule has 0 aromatic heterocycles. The second kappa shape index (κ2) is 7.28. The van der Waals surface area contributed by atoms with E-state index in [1.54, 1.807) is 31.4 Å². The van der Waals surface area contributed by atoms with E-state index in [0.29, 0.717) is 24.3 Å². The molecule has 2 amide bonds. The fourth-order valence-corrected chi connectivity index (χ4v) is 2.37. The second-order valence-electron chi connectivity index (χ2n) is 5.52. The molecular weight excluding hydrogens is 298 g/mol. The van der Waals surface area contributed by atoms with Crippen molar-refractivity contribution in [1.29, 1.82) is 0 Å². The molecule has 2 rings (SSSR count). The fraction of sp³-hybridized carbons (Fsp3) is 0.412. The van der Waals surface area contributed by atoms with Crippen molar-refractivity contribution in [2.24, 2.45) is 0 Å². The lowest BCUT2D eigenvalue weighted by Gasteiger charge is -2.14. The van der Waals surface area contributed by atoms with Crippen LogP contribution in [-0.2, 0) is 14.3 Å². The lowest BCUT2D eigenvalue weighted by Crippen LogP contribution is -2.33. The summed E-state index contributed by atoms with van der Waals surface area (Å²) in [5.74, 6) is -0.993. The summed E-state index contributed by atoms with van der Waals surface area (Å²) in [6, 6.07) is 6.74. The molecule has 6 nitrogen and oxygen atoms in total. The smallest absolute Gasteiger partial charge is 0.296 e. The number of methoxy groups -OCH3 is 1. The summed E-state index contributed by atoms with van der Waals surface area (Å²) in [4.78, 5) is 25.5. The first-order valence-electron chi connectivity index (χ1n) is 7.51. The minimum Gasteiger partial charge on any atom is -0.502 e. The molecule has 6 heteroatoms. The van der Waals surface area contributed by atoms with E-state index < -0.39 is 17.6 Å². The maximum Gasteiger partial charge on any atom is 0.296 e. The van der Waals surface area contributed by atoms with Crippen LogP contribution in [0.1, 0.15) is 25.8 Å². The third-order valence-electron chi connectivity index (χ3n) is 3.39. The molecule has 0 fully saturated rings. The second-order valence-corrected chi connectivity index (χ2v) is 5.52. The van der Waals surface area contributed by atoms with Crippen LogP contribution in [-0.4, -0.2) is 48.2 Å². The molecular formula is C17H21NO5. The van der Waals surface area contributed by atoms with Crippen LogP contribution in [0.5, 0.6) is 5.75 Å². The van der Waals surface area contributed by atoms with Crippen LogP contribution in [0.15, 0.2) is 30.0 Å². The van der Waals surface area contributed by atoms with Gasteiger partial charge in [0.1, 0.15) is 5.75 Å². The summed E-state index contributed by atoms with van der Waals surface area (Å²) >= 11 is 0. The van der Waals surface area contributed by atoms with Gasteiger partial charge in [-0.15, -0.1) is 0 Å². The van der Waals surface area contributed by atoms with Crippen LogP contribution in [0.3, 0.4) is 0 Å². The van der Waals surface area contributed by atoms with E-state index in [1.807, 2.05) is 13.8 Å². The van der Waals surface area contributed by atoms with Crippen molar-refractivity contribution >= 4 is 17.4 Å². The van der Waals surface area contributed by atoms with Crippen molar-refractivity contribution < 1.29 is 24.2 Å². The number of aliphatic hydroxyl groups excluding tert-OH is 1. The van der Waals surface area contributed by atoms with Crippen molar-refractivity contribution in [3.8, 4) is 5.75 Å². The maximum atomic E-state index is 12.4. The van der Waals surface area contributed by atoms with Gasteiger partial charge in [0, 0.05) is 20.3 Å². The van der Waals surface area contributed by atoms with E-state index in [2.05, 4.69) is 0 Å². The van der Waals surface area contributed by atoms with Crippen LogP contribution in [0, 0.1) is 0 Å². The van der Waals surface area contributed by atoms with Gasteiger partial charge in [0.2, 0.25) is 0 Å². The van der Waals surface area contributed by atoms with Crippen molar-refractivity contribution in [3.63, 3.8) is 0 Å². The van der Waals surface area contributed by atoms with Gasteiger partial charge in [-0.25, -0.2) is 0 Å². The first kappa shape index (κ1) is 17.0. The predicted molar refractivity (Wildman–Crippen MR) is 85.0 cm³/mol. The number of benzene rings is 1. The fourth-order valence-electron chi connectivity index (χ4n) is 2.37. The monoisotopic (exact) mass is 319 g/mol. The van der Waals surface area contributed by atoms with E-state index >= 15 is 0 Å². The highest BCUT2D eigenvalue weighted by molar-refractivity contribution is 6.34. The minimum atomic E-state index is -0.663. The molecule has 0 saturated heterocycles. The van der Waals surface area contributed by atoms with Crippen molar-refractivity contribution in [2.45, 2.75) is 26.4 Å². The molecule has 1 aliphatic heterocycles. The van der Waals surface area contributed by atoms with Crippen LogP contribution >= 0.6 is 0 Å².